The number of rotatable bonds is 4. The molecule has 3 unspecified atom stereocenters. The van der Waals surface area contributed by atoms with Crippen LogP contribution in [-0.2, 0) is 4.79 Å². The zero-order valence-corrected chi connectivity index (χ0v) is 12.1. The maximum Gasteiger partial charge on any atom is 0.416 e. The highest BCUT2D eigenvalue weighted by Gasteiger charge is 2.44. The van der Waals surface area contributed by atoms with E-state index in [0.29, 0.717) is 24.3 Å². The molecular weight excluding hydrogens is 299 g/mol. The third-order valence-corrected chi connectivity index (χ3v) is 3.76. The first-order chi connectivity index (χ1) is 10.3. The number of aliphatic hydroxyl groups is 1. The Bertz CT molecular complexity index is 533. The normalized spacial score (nSPS) is 20.5. The average Bonchev–Trinajstić information content (AvgIpc) is 2.50. The molecule has 0 bridgehead atoms. The molecule has 0 fully saturated rings. The van der Waals surface area contributed by atoms with Crippen LogP contribution in [0.4, 0.5) is 13.2 Å². The van der Waals surface area contributed by atoms with Crippen LogP contribution in [0.5, 0.6) is 5.75 Å². The number of carbonyl (C=O) groups excluding carboxylic acids is 1. The largest absolute Gasteiger partial charge is 0.493 e. The molecule has 1 amide bonds. The summed E-state index contributed by atoms with van der Waals surface area (Å²) in [7, 11) is 0. The van der Waals surface area contributed by atoms with Crippen molar-refractivity contribution in [3.63, 3.8) is 0 Å². The summed E-state index contributed by atoms with van der Waals surface area (Å²) < 4.78 is 43.2. The van der Waals surface area contributed by atoms with Crippen molar-refractivity contribution in [1.82, 2.24) is 5.32 Å². The predicted molar refractivity (Wildman–Crippen MR) is 73.6 cm³/mol. The summed E-state index contributed by atoms with van der Waals surface area (Å²) in [5.74, 6) is -0.524. The van der Waals surface area contributed by atoms with Gasteiger partial charge in [0.05, 0.1) is 18.6 Å². The van der Waals surface area contributed by atoms with Crippen LogP contribution in [0.25, 0.3) is 0 Å². The number of carbonyl (C=O) groups is 1. The lowest BCUT2D eigenvalue weighted by Gasteiger charge is -2.29. The number of hydrogen-bond acceptors (Lipinski definition) is 3. The number of hydrogen-bond donors (Lipinski definition) is 2. The van der Waals surface area contributed by atoms with E-state index in [1.807, 2.05) is 0 Å². The van der Waals surface area contributed by atoms with E-state index in [1.54, 1.807) is 24.3 Å². The Morgan fingerprint density at radius 2 is 2.14 bits per heavy atom. The van der Waals surface area contributed by atoms with E-state index in [1.165, 1.54) is 6.92 Å². The zero-order valence-electron chi connectivity index (χ0n) is 12.1. The lowest BCUT2D eigenvalue weighted by Crippen LogP contribution is -2.51. The summed E-state index contributed by atoms with van der Waals surface area (Å²) in [6, 6.07) is 5.59. The summed E-state index contributed by atoms with van der Waals surface area (Å²) >= 11 is 0. The van der Waals surface area contributed by atoms with Crippen LogP contribution in [0.2, 0.25) is 0 Å². The molecule has 0 saturated carbocycles. The van der Waals surface area contributed by atoms with Gasteiger partial charge in [-0.15, -0.1) is 0 Å². The molecule has 3 atom stereocenters. The van der Waals surface area contributed by atoms with E-state index in [9.17, 15) is 23.1 Å². The molecule has 0 radical (unpaired) electrons. The second-order valence-electron chi connectivity index (χ2n) is 5.24. The molecular formula is C15H18F3NO3. The van der Waals surface area contributed by atoms with Crippen molar-refractivity contribution in [3.8, 4) is 5.75 Å². The Kier molecular flexibility index (Phi) is 4.95. The third-order valence-electron chi connectivity index (χ3n) is 3.76. The lowest BCUT2D eigenvalue weighted by molar-refractivity contribution is -0.212. The number of ether oxygens (including phenoxy) is 1. The van der Waals surface area contributed by atoms with Crippen molar-refractivity contribution >= 4 is 5.91 Å². The summed E-state index contributed by atoms with van der Waals surface area (Å²) in [6.07, 6.45) is -6.96. The molecule has 4 nitrogen and oxygen atoms in total. The maximum absolute atomic E-state index is 12.6. The first-order valence-corrected chi connectivity index (χ1v) is 7.11. The van der Waals surface area contributed by atoms with Crippen molar-refractivity contribution in [2.24, 2.45) is 0 Å². The molecule has 122 valence electrons. The summed E-state index contributed by atoms with van der Waals surface area (Å²) in [5, 5.41) is 11.6. The number of alkyl halides is 3. The number of amides is 1. The SMILES string of the molecule is CCC(NC(=O)C1CCOc2ccccc21)C(O)C(F)(F)F. The standard InChI is InChI=1S/C15H18F3NO3/c1-2-11(13(20)15(16,17)18)19-14(21)10-7-8-22-12-6-4-3-5-9(10)12/h3-6,10-11,13,20H,2,7-8H2,1H3,(H,19,21). The Morgan fingerprint density at radius 1 is 1.45 bits per heavy atom. The van der Waals surface area contributed by atoms with Gasteiger partial charge in [-0.05, 0) is 18.9 Å². The molecule has 0 aromatic heterocycles. The smallest absolute Gasteiger partial charge is 0.416 e. The molecule has 0 saturated heterocycles. The zero-order chi connectivity index (χ0) is 16.3. The molecule has 0 spiro atoms. The van der Waals surface area contributed by atoms with Crippen molar-refractivity contribution in [1.29, 1.82) is 0 Å². The van der Waals surface area contributed by atoms with Gasteiger partial charge >= 0.3 is 6.18 Å². The van der Waals surface area contributed by atoms with Crippen molar-refractivity contribution in [3.05, 3.63) is 29.8 Å². The summed E-state index contributed by atoms with van der Waals surface area (Å²) in [5.41, 5.74) is 0.655. The Balaban J connectivity index is 2.12. The topological polar surface area (TPSA) is 58.6 Å². The highest BCUT2D eigenvalue weighted by atomic mass is 19.4. The average molecular weight is 317 g/mol. The van der Waals surface area contributed by atoms with E-state index in [4.69, 9.17) is 4.74 Å². The van der Waals surface area contributed by atoms with Gasteiger partial charge in [-0.2, -0.15) is 13.2 Å². The van der Waals surface area contributed by atoms with Gasteiger partial charge in [-0.25, -0.2) is 0 Å². The van der Waals surface area contributed by atoms with Gasteiger partial charge in [0.1, 0.15) is 5.75 Å². The molecule has 2 N–H and O–H groups in total. The van der Waals surface area contributed by atoms with Crippen LogP contribution in [0.1, 0.15) is 31.2 Å². The summed E-state index contributed by atoms with van der Waals surface area (Å²) in [6.45, 7) is 1.81. The van der Waals surface area contributed by atoms with Gasteiger partial charge in [0, 0.05) is 5.56 Å². The Morgan fingerprint density at radius 3 is 2.77 bits per heavy atom. The number of para-hydroxylation sites is 1. The molecule has 0 aliphatic carbocycles. The molecule has 22 heavy (non-hydrogen) atoms. The monoisotopic (exact) mass is 317 g/mol. The molecule has 1 aliphatic rings. The van der Waals surface area contributed by atoms with Crippen molar-refractivity contribution in [2.45, 2.75) is 44.0 Å². The minimum Gasteiger partial charge on any atom is -0.493 e. The molecule has 1 aliphatic heterocycles. The minimum atomic E-state index is -4.76. The lowest BCUT2D eigenvalue weighted by atomic mass is 9.91. The quantitative estimate of drug-likeness (QED) is 0.896. The van der Waals surface area contributed by atoms with E-state index < -0.39 is 30.1 Å². The van der Waals surface area contributed by atoms with E-state index in [-0.39, 0.29) is 6.42 Å². The molecule has 1 aromatic rings. The first-order valence-electron chi connectivity index (χ1n) is 7.11. The van der Waals surface area contributed by atoms with Gasteiger partial charge in [-0.3, -0.25) is 4.79 Å². The van der Waals surface area contributed by atoms with Crippen molar-refractivity contribution in [2.75, 3.05) is 6.61 Å². The molecule has 1 aromatic carbocycles. The van der Waals surface area contributed by atoms with Crippen LogP contribution < -0.4 is 10.1 Å². The van der Waals surface area contributed by atoms with Gasteiger partial charge in [0.2, 0.25) is 5.91 Å². The van der Waals surface area contributed by atoms with Gasteiger partial charge < -0.3 is 15.2 Å². The van der Waals surface area contributed by atoms with Gasteiger partial charge in [0.25, 0.3) is 0 Å². The van der Waals surface area contributed by atoms with Gasteiger partial charge in [-0.1, -0.05) is 25.1 Å². The highest BCUT2D eigenvalue weighted by Crippen LogP contribution is 2.34. The molecule has 1 heterocycles. The van der Waals surface area contributed by atoms with E-state index in [2.05, 4.69) is 5.32 Å². The third kappa shape index (κ3) is 3.52. The van der Waals surface area contributed by atoms with Crippen LogP contribution in [0, 0.1) is 0 Å². The number of halogens is 3. The number of fused-ring (bicyclic) bond motifs is 1. The van der Waals surface area contributed by atoms with Crippen molar-refractivity contribution < 1.29 is 27.8 Å². The number of aliphatic hydroxyl groups excluding tert-OH is 1. The molecule has 2 rings (SSSR count). The number of nitrogens with one attached hydrogen (secondary N) is 1. The predicted octanol–water partition coefficient (Wildman–Crippen LogP) is 2.37. The Hall–Kier alpha value is -1.76. The van der Waals surface area contributed by atoms with Crippen LogP contribution >= 0.6 is 0 Å². The maximum atomic E-state index is 12.6. The summed E-state index contributed by atoms with van der Waals surface area (Å²) in [4.78, 5) is 12.3. The van der Waals surface area contributed by atoms with Gasteiger partial charge in [0.15, 0.2) is 6.10 Å². The second kappa shape index (κ2) is 6.56. The molecule has 7 heteroatoms. The minimum absolute atomic E-state index is 0.0166. The highest BCUT2D eigenvalue weighted by molar-refractivity contribution is 5.85. The van der Waals surface area contributed by atoms with E-state index in [0.717, 1.165) is 0 Å². The fourth-order valence-electron chi connectivity index (χ4n) is 2.53. The van der Waals surface area contributed by atoms with Crippen LogP contribution in [0.3, 0.4) is 0 Å². The first kappa shape index (κ1) is 16.6. The fourth-order valence-corrected chi connectivity index (χ4v) is 2.53. The van der Waals surface area contributed by atoms with Crippen LogP contribution in [0.15, 0.2) is 24.3 Å². The van der Waals surface area contributed by atoms with Crippen LogP contribution in [-0.4, -0.2) is 35.9 Å². The Labute approximate surface area is 126 Å². The number of benzene rings is 1. The van der Waals surface area contributed by atoms with E-state index >= 15 is 0 Å². The second-order valence-corrected chi connectivity index (χ2v) is 5.24. The fraction of sp³-hybridized carbons (Fsp3) is 0.533.